The molecule has 128 valence electrons. The molecule has 0 saturated carbocycles. The first kappa shape index (κ1) is 16.6. The van der Waals surface area contributed by atoms with Gasteiger partial charge in [-0.15, -0.1) is 0 Å². The van der Waals surface area contributed by atoms with Crippen molar-refractivity contribution in [2.45, 2.75) is 53.0 Å². The van der Waals surface area contributed by atoms with Crippen molar-refractivity contribution in [2.75, 3.05) is 18.0 Å². The molecule has 0 atom stereocenters. The maximum Gasteiger partial charge on any atom is 0.289 e. The summed E-state index contributed by atoms with van der Waals surface area (Å²) >= 11 is 0. The van der Waals surface area contributed by atoms with Gasteiger partial charge in [0, 0.05) is 24.8 Å². The Kier molecular flexibility index (Phi) is 4.64. The van der Waals surface area contributed by atoms with Crippen LogP contribution in [0.3, 0.4) is 0 Å². The second-order valence-corrected chi connectivity index (χ2v) is 6.83. The van der Waals surface area contributed by atoms with Crippen LogP contribution in [0.4, 0.5) is 5.82 Å². The molecule has 1 amide bonds. The number of pyridine rings is 1. The lowest BCUT2D eigenvalue weighted by Gasteiger charge is -2.29. The standard InChI is InChI=1S/C18H25N5O/c1-11(2)19-18(24)16-21-15-14(12(3)10-13(4)20-15)17(22-16)23-8-6-5-7-9-23/h10-11H,5-9H2,1-4H3,(H,19,24). The van der Waals surface area contributed by atoms with Crippen molar-refractivity contribution in [2.24, 2.45) is 0 Å². The van der Waals surface area contributed by atoms with Crippen LogP contribution in [0.2, 0.25) is 0 Å². The van der Waals surface area contributed by atoms with E-state index in [9.17, 15) is 4.79 Å². The molecule has 1 fully saturated rings. The zero-order valence-corrected chi connectivity index (χ0v) is 14.9. The van der Waals surface area contributed by atoms with E-state index < -0.39 is 0 Å². The van der Waals surface area contributed by atoms with Gasteiger partial charge in [-0.2, -0.15) is 0 Å². The Morgan fingerprint density at radius 1 is 1.12 bits per heavy atom. The predicted octanol–water partition coefficient (Wildman–Crippen LogP) is 2.77. The van der Waals surface area contributed by atoms with Gasteiger partial charge in [0.25, 0.3) is 5.91 Å². The highest BCUT2D eigenvalue weighted by Crippen LogP contribution is 2.28. The molecule has 6 nitrogen and oxygen atoms in total. The van der Waals surface area contributed by atoms with Gasteiger partial charge in [-0.25, -0.2) is 15.0 Å². The molecule has 1 saturated heterocycles. The van der Waals surface area contributed by atoms with Crippen LogP contribution in [0, 0.1) is 13.8 Å². The number of rotatable bonds is 3. The number of nitrogens with zero attached hydrogens (tertiary/aromatic N) is 4. The van der Waals surface area contributed by atoms with Crippen LogP contribution in [0.5, 0.6) is 0 Å². The third-order valence-corrected chi connectivity index (χ3v) is 4.25. The molecule has 2 aromatic heterocycles. The van der Waals surface area contributed by atoms with E-state index in [4.69, 9.17) is 0 Å². The van der Waals surface area contributed by atoms with E-state index in [1.165, 1.54) is 6.42 Å². The van der Waals surface area contributed by atoms with Crippen LogP contribution < -0.4 is 10.2 Å². The summed E-state index contributed by atoms with van der Waals surface area (Å²) in [5, 5.41) is 3.83. The number of piperidine rings is 1. The molecule has 3 rings (SSSR count). The summed E-state index contributed by atoms with van der Waals surface area (Å²) in [5.41, 5.74) is 2.62. The van der Waals surface area contributed by atoms with E-state index in [1.807, 2.05) is 26.8 Å². The number of fused-ring (bicyclic) bond motifs is 1. The minimum absolute atomic E-state index is 0.0439. The molecule has 0 radical (unpaired) electrons. The van der Waals surface area contributed by atoms with E-state index in [1.54, 1.807) is 0 Å². The minimum atomic E-state index is -0.244. The summed E-state index contributed by atoms with van der Waals surface area (Å²) in [6.45, 7) is 9.79. The fourth-order valence-electron chi connectivity index (χ4n) is 3.22. The molecule has 0 aromatic carbocycles. The fraction of sp³-hybridized carbons (Fsp3) is 0.556. The summed E-state index contributed by atoms with van der Waals surface area (Å²) < 4.78 is 0. The number of aryl methyl sites for hydroxylation is 2. The van der Waals surface area contributed by atoms with E-state index in [2.05, 4.69) is 32.1 Å². The molecule has 0 spiro atoms. The predicted molar refractivity (Wildman–Crippen MR) is 95.5 cm³/mol. The smallest absolute Gasteiger partial charge is 0.289 e. The summed E-state index contributed by atoms with van der Waals surface area (Å²) in [6, 6.07) is 2.09. The second kappa shape index (κ2) is 6.71. The lowest BCUT2D eigenvalue weighted by molar-refractivity contribution is 0.0933. The maximum atomic E-state index is 12.4. The molecule has 0 unspecified atom stereocenters. The summed E-state index contributed by atoms with van der Waals surface area (Å²) in [5.74, 6) is 0.805. The number of carbonyl (C=O) groups excluding carboxylic acids is 1. The number of hydrogen-bond donors (Lipinski definition) is 1. The zero-order valence-electron chi connectivity index (χ0n) is 14.9. The SMILES string of the molecule is Cc1cc(C)c2c(N3CCCCC3)nc(C(=O)NC(C)C)nc2n1. The van der Waals surface area contributed by atoms with Gasteiger partial charge in [-0.1, -0.05) is 0 Å². The number of anilines is 1. The first-order valence-corrected chi connectivity index (χ1v) is 8.67. The van der Waals surface area contributed by atoms with Crippen molar-refractivity contribution in [1.29, 1.82) is 0 Å². The lowest BCUT2D eigenvalue weighted by atomic mass is 10.1. The molecule has 1 aliphatic heterocycles. The summed E-state index contributed by atoms with van der Waals surface area (Å²) in [7, 11) is 0. The Morgan fingerprint density at radius 3 is 2.50 bits per heavy atom. The maximum absolute atomic E-state index is 12.4. The average molecular weight is 327 g/mol. The van der Waals surface area contributed by atoms with Crippen molar-refractivity contribution in [1.82, 2.24) is 20.3 Å². The van der Waals surface area contributed by atoms with Crippen molar-refractivity contribution in [3.63, 3.8) is 0 Å². The Labute approximate surface area is 142 Å². The van der Waals surface area contributed by atoms with Crippen LogP contribution >= 0.6 is 0 Å². The second-order valence-electron chi connectivity index (χ2n) is 6.83. The molecule has 2 aromatic rings. The van der Waals surface area contributed by atoms with Crippen LogP contribution in [-0.2, 0) is 0 Å². The monoisotopic (exact) mass is 327 g/mol. The lowest BCUT2D eigenvalue weighted by Crippen LogP contribution is -2.34. The van der Waals surface area contributed by atoms with Gasteiger partial charge in [0.15, 0.2) is 5.65 Å². The van der Waals surface area contributed by atoms with Crippen LogP contribution in [0.25, 0.3) is 11.0 Å². The average Bonchev–Trinajstić information content (AvgIpc) is 2.53. The van der Waals surface area contributed by atoms with Gasteiger partial charge < -0.3 is 10.2 Å². The third-order valence-electron chi connectivity index (χ3n) is 4.25. The van der Waals surface area contributed by atoms with E-state index in [-0.39, 0.29) is 17.8 Å². The van der Waals surface area contributed by atoms with Gasteiger partial charge in [0.1, 0.15) is 5.82 Å². The first-order valence-electron chi connectivity index (χ1n) is 8.67. The number of nitrogens with one attached hydrogen (secondary N) is 1. The highest BCUT2D eigenvalue weighted by molar-refractivity contribution is 5.96. The Morgan fingerprint density at radius 2 is 1.83 bits per heavy atom. The molecular formula is C18H25N5O. The third kappa shape index (κ3) is 3.32. The normalized spacial score (nSPS) is 15.1. The fourth-order valence-corrected chi connectivity index (χ4v) is 3.22. The minimum Gasteiger partial charge on any atom is -0.356 e. The van der Waals surface area contributed by atoms with Crippen molar-refractivity contribution in [3.05, 3.63) is 23.1 Å². The Balaban J connectivity index is 2.16. The van der Waals surface area contributed by atoms with E-state index in [0.29, 0.717) is 5.65 Å². The van der Waals surface area contributed by atoms with Gasteiger partial charge in [0.05, 0.1) is 5.39 Å². The molecule has 24 heavy (non-hydrogen) atoms. The zero-order chi connectivity index (χ0) is 17.3. The molecule has 1 aliphatic rings. The van der Waals surface area contributed by atoms with Crippen molar-refractivity contribution in [3.8, 4) is 0 Å². The van der Waals surface area contributed by atoms with Crippen molar-refractivity contribution < 1.29 is 4.79 Å². The molecule has 0 aliphatic carbocycles. The number of hydrogen-bond acceptors (Lipinski definition) is 5. The van der Waals surface area contributed by atoms with Gasteiger partial charge in [0.2, 0.25) is 5.82 Å². The summed E-state index contributed by atoms with van der Waals surface area (Å²) in [6.07, 6.45) is 3.55. The van der Waals surface area contributed by atoms with E-state index in [0.717, 1.165) is 48.4 Å². The highest BCUT2D eigenvalue weighted by Gasteiger charge is 2.22. The Bertz CT molecular complexity index is 766. The number of carbonyl (C=O) groups is 1. The summed E-state index contributed by atoms with van der Waals surface area (Å²) in [4.78, 5) is 28.3. The largest absolute Gasteiger partial charge is 0.356 e. The van der Waals surface area contributed by atoms with E-state index >= 15 is 0 Å². The Hall–Kier alpha value is -2.24. The van der Waals surface area contributed by atoms with Crippen LogP contribution in [0.1, 0.15) is 55.0 Å². The first-order chi connectivity index (χ1) is 11.5. The topological polar surface area (TPSA) is 71.0 Å². The van der Waals surface area contributed by atoms with Gasteiger partial charge in [-0.05, 0) is 58.6 Å². The molecule has 0 bridgehead atoms. The molecular weight excluding hydrogens is 302 g/mol. The van der Waals surface area contributed by atoms with Crippen LogP contribution in [-0.4, -0.2) is 40.0 Å². The quantitative estimate of drug-likeness (QED) is 0.938. The number of amides is 1. The number of aromatic nitrogens is 3. The molecule has 3 heterocycles. The van der Waals surface area contributed by atoms with Gasteiger partial charge in [-0.3, -0.25) is 4.79 Å². The van der Waals surface area contributed by atoms with Crippen molar-refractivity contribution >= 4 is 22.8 Å². The van der Waals surface area contributed by atoms with Gasteiger partial charge >= 0.3 is 0 Å². The molecule has 1 N–H and O–H groups in total. The molecule has 6 heteroatoms. The van der Waals surface area contributed by atoms with Crippen LogP contribution in [0.15, 0.2) is 6.07 Å². The highest BCUT2D eigenvalue weighted by atomic mass is 16.2.